The van der Waals surface area contributed by atoms with Crippen molar-refractivity contribution in [2.75, 3.05) is 6.61 Å². The van der Waals surface area contributed by atoms with Crippen LogP contribution in [0, 0.1) is 11.8 Å². The summed E-state index contributed by atoms with van der Waals surface area (Å²) in [7, 11) is 0. The van der Waals surface area contributed by atoms with Crippen molar-refractivity contribution in [3.63, 3.8) is 0 Å². The van der Waals surface area contributed by atoms with Crippen LogP contribution in [-0.2, 0) is 9.53 Å². The van der Waals surface area contributed by atoms with Crippen LogP contribution in [0.3, 0.4) is 0 Å². The standard InChI is InChI=1S/C8H12O2/c9-4-1-2-6-7-3-5-10-8(6)7/h4,6-8H,1-3,5H2/t6?,7-,8+/m1/s1. The predicted octanol–water partition coefficient (Wildman–Crippen LogP) is 1.00. The second-order valence-corrected chi connectivity index (χ2v) is 3.20. The lowest BCUT2D eigenvalue weighted by Gasteiger charge is -1.98. The monoisotopic (exact) mass is 140 g/mol. The Morgan fingerprint density at radius 1 is 1.60 bits per heavy atom. The Bertz CT molecular complexity index is 134. The van der Waals surface area contributed by atoms with E-state index in [1.807, 2.05) is 0 Å². The van der Waals surface area contributed by atoms with Crippen LogP contribution in [0.1, 0.15) is 19.3 Å². The van der Waals surface area contributed by atoms with E-state index >= 15 is 0 Å². The number of fused-ring (bicyclic) bond motifs is 1. The number of ether oxygens (including phenoxy) is 1. The van der Waals surface area contributed by atoms with Gasteiger partial charge in [-0.1, -0.05) is 0 Å². The minimum atomic E-state index is 0.542. The zero-order chi connectivity index (χ0) is 6.97. The lowest BCUT2D eigenvalue weighted by molar-refractivity contribution is -0.108. The van der Waals surface area contributed by atoms with E-state index < -0.39 is 0 Å². The summed E-state index contributed by atoms with van der Waals surface area (Å²) in [4.78, 5) is 10.0. The van der Waals surface area contributed by atoms with Gasteiger partial charge < -0.3 is 9.53 Å². The lowest BCUT2D eigenvalue weighted by Crippen LogP contribution is -1.96. The molecule has 3 atom stereocenters. The van der Waals surface area contributed by atoms with Crippen molar-refractivity contribution in [3.8, 4) is 0 Å². The summed E-state index contributed by atoms with van der Waals surface area (Å²) in [6, 6.07) is 0. The van der Waals surface area contributed by atoms with E-state index in [1.54, 1.807) is 0 Å². The molecule has 0 aromatic carbocycles. The molecule has 2 rings (SSSR count). The molecule has 2 fully saturated rings. The molecule has 1 saturated heterocycles. The topological polar surface area (TPSA) is 26.3 Å². The minimum Gasteiger partial charge on any atom is -0.378 e. The second kappa shape index (κ2) is 2.35. The van der Waals surface area contributed by atoms with Gasteiger partial charge in [0.15, 0.2) is 0 Å². The van der Waals surface area contributed by atoms with Crippen LogP contribution in [-0.4, -0.2) is 19.0 Å². The minimum absolute atomic E-state index is 0.542. The van der Waals surface area contributed by atoms with Gasteiger partial charge in [-0.05, 0) is 24.7 Å². The first-order valence-corrected chi connectivity index (χ1v) is 3.98. The molecule has 1 saturated carbocycles. The molecule has 0 aromatic rings. The molecule has 1 aliphatic heterocycles. The number of aldehydes is 1. The maximum Gasteiger partial charge on any atom is 0.120 e. The van der Waals surface area contributed by atoms with Crippen molar-refractivity contribution in [1.82, 2.24) is 0 Å². The largest absolute Gasteiger partial charge is 0.378 e. The predicted molar refractivity (Wildman–Crippen MR) is 36.6 cm³/mol. The Labute approximate surface area is 60.6 Å². The van der Waals surface area contributed by atoms with Crippen molar-refractivity contribution in [3.05, 3.63) is 0 Å². The highest BCUT2D eigenvalue weighted by Crippen LogP contribution is 2.51. The Hall–Kier alpha value is -0.370. The molecule has 0 radical (unpaired) electrons. The van der Waals surface area contributed by atoms with Gasteiger partial charge in [0.05, 0.1) is 6.10 Å². The van der Waals surface area contributed by atoms with Gasteiger partial charge in [-0.2, -0.15) is 0 Å². The van der Waals surface area contributed by atoms with Crippen LogP contribution in [0.4, 0.5) is 0 Å². The number of carbonyl (C=O) groups excluding carboxylic acids is 1. The van der Waals surface area contributed by atoms with Crippen LogP contribution in [0.15, 0.2) is 0 Å². The molecular formula is C8H12O2. The highest BCUT2D eigenvalue weighted by Gasteiger charge is 2.53. The molecule has 0 N–H and O–H groups in total. The summed E-state index contributed by atoms with van der Waals surface area (Å²) in [5, 5.41) is 0. The van der Waals surface area contributed by atoms with E-state index in [4.69, 9.17) is 4.74 Å². The molecule has 0 aromatic heterocycles. The quantitative estimate of drug-likeness (QED) is 0.547. The molecule has 0 bridgehead atoms. The molecular weight excluding hydrogens is 128 g/mol. The normalized spacial score (nSPS) is 43.0. The van der Waals surface area contributed by atoms with Crippen LogP contribution < -0.4 is 0 Å². The third kappa shape index (κ3) is 0.870. The molecule has 1 unspecified atom stereocenters. The second-order valence-electron chi connectivity index (χ2n) is 3.20. The zero-order valence-corrected chi connectivity index (χ0v) is 5.95. The molecule has 1 heterocycles. The summed E-state index contributed by atoms with van der Waals surface area (Å²) in [6.07, 6.45) is 4.56. The van der Waals surface area contributed by atoms with Crippen LogP contribution in [0.25, 0.3) is 0 Å². The number of hydrogen-bond donors (Lipinski definition) is 0. The van der Waals surface area contributed by atoms with E-state index in [-0.39, 0.29) is 0 Å². The van der Waals surface area contributed by atoms with E-state index in [0.717, 1.165) is 37.6 Å². The number of rotatable bonds is 3. The van der Waals surface area contributed by atoms with Crippen LogP contribution >= 0.6 is 0 Å². The third-order valence-corrected chi connectivity index (χ3v) is 2.63. The summed E-state index contributed by atoms with van der Waals surface area (Å²) < 4.78 is 5.42. The Kier molecular flexibility index (Phi) is 1.49. The van der Waals surface area contributed by atoms with Crippen molar-refractivity contribution in [2.45, 2.75) is 25.4 Å². The van der Waals surface area contributed by atoms with E-state index in [2.05, 4.69) is 0 Å². The van der Waals surface area contributed by atoms with Crippen LogP contribution in [0.5, 0.6) is 0 Å². The van der Waals surface area contributed by atoms with Gasteiger partial charge in [0, 0.05) is 13.0 Å². The van der Waals surface area contributed by atoms with Gasteiger partial charge in [-0.3, -0.25) is 0 Å². The van der Waals surface area contributed by atoms with Crippen LogP contribution in [0.2, 0.25) is 0 Å². The Balaban J connectivity index is 1.74. The van der Waals surface area contributed by atoms with Crippen molar-refractivity contribution < 1.29 is 9.53 Å². The summed E-state index contributed by atoms with van der Waals surface area (Å²) in [5.74, 6) is 1.55. The summed E-state index contributed by atoms with van der Waals surface area (Å²) in [6.45, 7) is 0.951. The highest BCUT2D eigenvalue weighted by atomic mass is 16.5. The average molecular weight is 140 g/mol. The molecule has 56 valence electrons. The van der Waals surface area contributed by atoms with Gasteiger partial charge in [0.2, 0.25) is 0 Å². The number of carbonyl (C=O) groups is 1. The van der Waals surface area contributed by atoms with Gasteiger partial charge in [-0.25, -0.2) is 0 Å². The molecule has 0 amide bonds. The lowest BCUT2D eigenvalue weighted by atomic mass is 10.1. The number of hydrogen-bond acceptors (Lipinski definition) is 2. The smallest absolute Gasteiger partial charge is 0.120 e. The fourth-order valence-corrected chi connectivity index (χ4v) is 2.01. The average Bonchev–Trinajstić information content (AvgIpc) is 2.46. The zero-order valence-electron chi connectivity index (χ0n) is 5.95. The van der Waals surface area contributed by atoms with E-state index in [9.17, 15) is 4.79 Å². The van der Waals surface area contributed by atoms with Gasteiger partial charge >= 0.3 is 0 Å². The molecule has 1 aliphatic carbocycles. The van der Waals surface area contributed by atoms with Crippen molar-refractivity contribution in [2.24, 2.45) is 11.8 Å². The van der Waals surface area contributed by atoms with E-state index in [0.29, 0.717) is 6.10 Å². The fourth-order valence-electron chi connectivity index (χ4n) is 2.01. The van der Waals surface area contributed by atoms with E-state index in [1.165, 1.54) is 6.42 Å². The summed E-state index contributed by atoms with van der Waals surface area (Å²) in [5.41, 5.74) is 0. The molecule has 2 aliphatic rings. The van der Waals surface area contributed by atoms with Gasteiger partial charge in [0.1, 0.15) is 6.29 Å². The molecule has 2 heteroatoms. The Morgan fingerprint density at radius 2 is 2.50 bits per heavy atom. The summed E-state index contributed by atoms with van der Waals surface area (Å²) >= 11 is 0. The Morgan fingerprint density at radius 3 is 3.10 bits per heavy atom. The van der Waals surface area contributed by atoms with Crippen molar-refractivity contribution in [1.29, 1.82) is 0 Å². The first-order valence-electron chi connectivity index (χ1n) is 3.98. The third-order valence-electron chi connectivity index (χ3n) is 2.63. The van der Waals surface area contributed by atoms with Gasteiger partial charge in [-0.15, -0.1) is 0 Å². The molecule has 2 nitrogen and oxygen atoms in total. The fraction of sp³-hybridized carbons (Fsp3) is 0.875. The first kappa shape index (κ1) is 6.35. The maximum atomic E-state index is 10.0. The highest BCUT2D eigenvalue weighted by molar-refractivity contribution is 5.49. The van der Waals surface area contributed by atoms with Gasteiger partial charge in [0.25, 0.3) is 0 Å². The first-order chi connectivity index (χ1) is 4.93. The van der Waals surface area contributed by atoms with Crippen molar-refractivity contribution >= 4 is 6.29 Å². The molecule has 0 spiro atoms. The SMILES string of the molecule is O=CCCC1[C@H]2CCO[C@@H]12. The maximum absolute atomic E-state index is 10.0. The molecule has 10 heavy (non-hydrogen) atoms.